The van der Waals surface area contributed by atoms with Crippen LogP contribution in [0.2, 0.25) is 0 Å². The quantitative estimate of drug-likeness (QED) is 0.187. The second-order valence-electron chi connectivity index (χ2n) is 5.53. The number of fused-ring (bicyclic) bond motifs is 1. The summed E-state index contributed by atoms with van der Waals surface area (Å²) in [6, 6.07) is 5.98. The molecule has 0 radical (unpaired) electrons. The number of hydrogen-bond donors (Lipinski definition) is 2. The van der Waals surface area contributed by atoms with Crippen LogP contribution in [0, 0.1) is 0 Å². The van der Waals surface area contributed by atoms with Crippen molar-refractivity contribution in [2.24, 2.45) is 4.99 Å². The SMILES string of the molecule is CCNC(=NCCCC(=O)OCC)NCCc1ccc2c(c1)OCO2.I. The van der Waals surface area contributed by atoms with E-state index < -0.39 is 0 Å². The van der Waals surface area contributed by atoms with Gasteiger partial charge in [0.25, 0.3) is 0 Å². The number of ether oxygens (including phenoxy) is 3. The highest BCUT2D eigenvalue weighted by Crippen LogP contribution is 2.32. The normalized spacial score (nSPS) is 12.3. The lowest BCUT2D eigenvalue weighted by Crippen LogP contribution is -2.38. The van der Waals surface area contributed by atoms with Crippen molar-refractivity contribution >= 4 is 35.9 Å². The lowest BCUT2D eigenvalue weighted by atomic mass is 10.1. The van der Waals surface area contributed by atoms with E-state index in [1.165, 1.54) is 5.56 Å². The van der Waals surface area contributed by atoms with E-state index in [1.54, 1.807) is 0 Å². The second-order valence-corrected chi connectivity index (χ2v) is 5.53. The van der Waals surface area contributed by atoms with Crippen molar-refractivity contribution in [1.82, 2.24) is 10.6 Å². The maximum Gasteiger partial charge on any atom is 0.305 e. The molecule has 26 heavy (non-hydrogen) atoms. The summed E-state index contributed by atoms with van der Waals surface area (Å²) < 4.78 is 15.6. The molecule has 0 amide bonds. The first-order valence-corrected chi connectivity index (χ1v) is 8.79. The van der Waals surface area contributed by atoms with E-state index in [4.69, 9.17) is 14.2 Å². The standard InChI is InChI=1S/C18H27N3O4.HI/c1-3-19-18(20-10-5-6-17(22)23-4-2)21-11-9-14-7-8-15-16(12-14)25-13-24-15;/h7-8,12H,3-6,9-11,13H2,1-2H3,(H2,19,20,21);1H. The van der Waals surface area contributed by atoms with Crippen molar-refractivity contribution in [2.75, 3.05) is 33.0 Å². The Bertz CT molecular complexity index is 596. The van der Waals surface area contributed by atoms with Crippen LogP contribution in [0.25, 0.3) is 0 Å². The van der Waals surface area contributed by atoms with Gasteiger partial charge in [-0.25, -0.2) is 0 Å². The Hall–Kier alpha value is -1.71. The Balaban J connectivity index is 0.00000338. The lowest BCUT2D eigenvalue weighted by Gasteiger charge is -2.11. The number of hydrogen-bond acceptors (Lipinski definition) is 5. The van der Waals surface area contributed by atoms with Gasteiger partial charge in [0.15, 0.2) is 17.5 Å². The highest BCUT2D eigenvalue weighted by Gasteiger charge is 2.12. The molecule has 1 aliphatic heterocycles. The fraction of sp³-hybridized carbons (Fsp3) is 0.556. The Labute approximate surface area is 171 Å². The number of nitrogens with one attached hydrogen (secondary N) is 2. The van der Waals surface area contributed by atoms with Crippen molar-refractivity contribution in [2.45, 2.75) is 33.1 Å². The first-order chi connectivity index (χ1) is 12.2. The van der Waals surface area contributed by atoms with Crippen molar-refractivity contribution in [3.8, 4) is 11.5 Å². The maximum atomic E-state index is 11.3. The summed E-state index contributed by atoms with van der Waals surface area (Å²) in [5.41, 5.74) is 1.18. The van der Waals surface area contributed by atoms with E-state index >= 15 is 0 Å². The first kappa shape index (κ1) is 22.3. The molecule has 2 N–H and O–H groups in total. The van der Waals surface area contributed by atoms with Gasteiger partial charge in [0.2, 0.25) is 6.79 Å². The number of esters is 1. The molecule has 0 aromatic heterocycles. The molecular weight excluding hydrogens is 449 g/mol. The molecule has 7 nitrogen and oxygen atoms in total. The molecule has 1 heterocycles. The number of rotatable bonds is 9. The fourth-order valence-electron chi connectivity index (χ4n) is 2.41. The van der Waals surface area contributed by atoms with Gasteiger partial charge in [0.05, 0.1) is 6.61 Å². The molecule has 1 aromatic carbocycles. The van der Waals surface area contributed by atoms with Gasteiger partial charge in [-0.1, -0.05) is 6.07 Å². The molecule has 1 aromatic rings. The third-order valence-electron chi connectivity index (χ3n) is 3.60. The van der Waals surface area contributed by atoms with Crippen LogP contribution in [0.4, 0.5) is 0 Å². The highest BCUT2D eigenvalue weighted by atomic mass is 127. The van der Waals surface area contributed by atoms with Crippen molar-refractivity contribution in [1.29, 1.82) is 0 Å². The molecular formula is C18H28IN3O4. The predicted molar refractivity (Wildman–Crippen MR) is 112 cm³/mol. The highest BCUT2D eigenvalue weighted by molar-refractivity contribution is 14.0. The molecule has 8 heteroatoms. The predicted octanol–water partition coefficient (Wildman–Crippen LogP) is 2.47. The van der Waals surface area contributed by atoms with E-state index in [-0.39, 0.29) is 29.9 Å². The van der Waals surface area contributed by atoms with Crippen molar-refractivity contribution < 1.29 is 19.0 Å². The lowest BCUT2D eigenvalue weighted by molar-refractivity contribution is -0.143. The Morgan fingerprint density at radius 3 is 2.81 bits per heavy atom. The van der Waals surface area contributed by atoms with Crippen LogP contribution in [0.5, 0.6) is 11.5 Å². The summed E-state index contributed by atoms with van der Waals surface area (Å²) in [4.78, 5) is 15.8. The third kappa shape index (κ3) is 7.67. The van der Waals surface area contributed by atoms with Crippen LogP contribution >= 0.6 is 24.0 Å². The van der Waals surface area contributed by atoms with Gasteiger partial charge in [0.1, 0.15) is 0 Å². The Kier molecular flexibility index (Phi) is 10.8. The smallest absolute Gasteiger partial charge is 0.305 e. The molecule has 0 atom stereocenters. The summed E-state index contributed by atoms with van der Waals surface area (Å²) in [7, 11) is 0. The van der Waals surface area contributed by atoms with Gasteiger partial charge in [0, 0.05) is 26.1 Å². The van der Waals surface area contributed by atoms with Gasteiger partial charge in [-0.05, 0) is 44.4 Å². The van der Waals surface area contributed by atoms with E-state index in [2.05, 4.69) is 15.6 Å². The molecule has 1 aliphatic rings. The van der Waals surface area contributed by atoms with Gasteiger partial charge >= 0.3 is 5.97 Å². The summed E-state index contributed by atoms with van der Waals surface area (Å²) in [5, 5.41) is 6.50. The van der Waals surface area contributed by atoms with E-state index in [0.29, 0.717) is 32.8 Å². The largest absolute Gasteiger partial charge is 0.466 e. The molecule has 0 fully saturated rings. The summed E-state index contributed by atoms with van der Waals surface area (Å²) in [6.07, 6.45) is 1.93. The number of nitrogens with zero attached hydrogens (tertiary/aromatic N) is 1. The average molecular weight is 477 g/mol. The number of benzene rings is 1. The molecule has 0 spiro atoms. The van der Waals surface area contributed by atoms with Crippen LogP contribution in [-0.4, -0.2) is 45.0 Å². The fourth-order valence-corrected chi connectivity index (χ4v) is 2.41. The zero-order valence-corrected chi connectivity index (χ0v) is 17.7. The van der Waals surface area contributed by atoms with E-state index in [1.807, 2.05) is 32.0 Å². The van der Waals surface area contributed by atoms with Crippen molar-refractivity contribution in [3.63, 3.8) is 0 Å². The van der Waals surface area contributed by atoms with Crippen molar-refractivity contribution in [3.05, 3.63) is 23.8 Å². The minimum absolute atomic E-state index is 0. The third-order valence-corrected chi connectivity index (χ3v) is 3.60. The zero-order chi connectivity index (χ0) is 17.9. The second kappa shape index (κ2) is 12.6. The molecule has 2 rings (SSSR count). The van der Waals surface area contributed by atoms with Crippen LogP contribution in [0.3, 0.4) is 0 Å². The molecule has 146 valence electrons. The van der Waals surface area contributed by atoms with Gasteiger partial charge < -0.3 is 24.8 Å². The minimum atomic E-state index is -0.168. The molecule has 0 saturated heterocycles. The van der Waals surface area contributed by atoms with Gasteiger partial charge in [-0.2, -0.15) is 0 Å². The molecule has 0 aliphatic carbocycles. The summed E-state index contributed by atoms with van der Waals surface area (Å²) >= 11 is 0. The monoisotopic (exact) mass is 477 g/mol. The summed E-state index contributed by atoms with van der Waals surface area (Å²) in [5.74, 6) is 2.19. The zero-order valence-electron chi connectivity index (χ0n) is 15.4. The van der Waals surface area contributed by atoms with Gasteiger partial charge in [-0.3, -0.25) is 9.79 Å². The van der Waals surface area contributed by atoms with E-state index in [0.717, 1.165) is 37.0 Å². The number of aliphatic imine (C=N–C) groups is 1. The van der Waals surface area contributed by atoms with Crippen LogP contribution in [0.1, 0.15) is 32.3 Å². The number of halogens is 1. The Morgan fingerprint density at radius 2 is 2.04 bits per heavy atom. The minimum Gasteiger partial charge on any atom is -0.466 e. The number of guanidine groups is 1. The van der Waals surface area contributed by atoms with E-state index in [9.17, 15) is 4.79 Å². The topological polar surface area (TPSA) is 81.2 Å². The van der Waals surface area contributed by atoms with Crippen LogP contribution in [-0.2, 0) is 16.0 Å². The van der Waals surface area contributed by atoms with Crippen LogP contribution < -0.4 is 20.1 Å². The molecule has 0 bridgehead atoms. The first-order valence-electron chi connectivity index (χ1n) is 8.79. The van der Waals surface area contributed by atoms with Crippen LogP contribution in [0.15, 0.2) is 23.2 Å². The number of carbonyl (C=O) groups excluding carboxylic acids is 1. The molecule has 0 unspecified atom stereocenters. The molecule has 0 saturated carbocycles. The number of carbonyl (C=O) groups is 1. The average Bonchev–Trinajstić information content (AvgIpc) is 3.06. The summed E-state index contributed by atoms with van der Waals surface area (Å²) in [6.45, 7) is 6.67. The Morgan fingerprint density at radius 1 is 1.23 bits per heavy atom. The van der Waals surface area contributed by atoms with Gasteiger partial charge in [-0.15, -0.1) is 24.0 Å². The maximum absolute atomic E-state index is 11.3.